The molecular weight excluding hydrogens is 440 g/mol. The van der Waals surface area contributed by atoms with Gasteiger partial charge >= 0.3 is 0 Å². The molecule has 7 nitrogen and oxygen atoms in total. The molecule has 7 heteroatoms. The molecule has 3 amide bonds. The van der Waals surface area contributed by atoms with Crippen LogP contribution in [0.25, 0.3) is 10.9 Å². The Kier molecular flexibility index (Phi) is 7.24. The number of benzene rings is 2. The van der Waals surface area contributed by atoms with E-state index >= 15 is 0 Å². The Labute approximate surface area is 206 Å². The number of rotatable bonds is 8. The molecule has 2 atom stereocenters. The van der Waals surface area contributed by atoms with E-state index in [1.165, 1.54) is 0 Å². The van der Waals surface area contributed by atoms with Crippen LogP contribution in [0.2, 0.25) is 0 Å². The molecule has 4 N–H and O–H groups in total. The second kappa shape index (κ2) is 10.3. The molecule has 1 fully saturated rings. The summed E-state index contributed by atoms with van der Waals surface area (Å²) in [6, 6.07) is 16.9. The fraction of sp³-hybridized carbons (Fsp3) is 0.393. The van der Waals surface area contributed by atoms with E-state index < -0.39 is 17.4 Å². The lowest BCUT2D eigenvalue weighted by Crippen LogP contribution is -2.58. The molecule has 1 aliphatic heterocycles. The number of H-pyrrole nitrogens is 1. The van der Waals surface area contributed by atoms with Crippen molar-refractivity contribution in [3.8, 4) is 0 Å². The first kappa shape index (κ1) is 24.5. The van der Waals surface area contributed by atoms with Crippen molar-refractivity contribution in [3.05, 3.63) is 71.9 Å². The van der Waals surface area contributed by atoms with Gasteiger partial charge in [0, 0.05) is 42.5 Å². The number of nitrogens with two attached hydrogens (primary N) is 1. The van der Waals surface area contributed by atoms with Crippen molar-refractivity contribution in [3.63, 3.8) is 0 Å². The third-order valence-electron chi connectivity index (χ3n) is 7.03. The number of aromatic nitrogens is 1. The summed E-state index contributed by atoms with van der Waals surface area (Å²) in [4.78, 5) is 44.1. The van der Waals surface area contributed by atoms with Crippen molar-refractivity contribution < 1.29 is 14.4 Å². The highest BCUT2D eigenvalue weighted by Gasteiger charge is 2.43. The van der Waals surface area contributed by atoms with Gasteiger partial charge in [-0.3, -0.25) is 14.4 Å². The minimum absolute atomic E-state index is 0.175. The number of nitrogens with zero attached hydrogens (tertiary/aromatic N) is 1. The summed E-state index contributed by atoms with van der Waals surface area (Å²) in [6.07, 6.45) is 4.05. The van der Waals surface area contributed by atoms with E-state index in [-0.39, 0.29) is 24.3 Å². The van der Waals surface area contributed by atoms with Gasteiger partial charge in [-0.05, 0) is 36.5 Å². The maximum atomic E-state index is 13.8. The predicted octanol–water partition coefficient (Wildman–Crippen LogP) is 3.19. The Balaban J connectivity index is 1.59. The summed E-state index contributed by atoms with van der Waals surface area (Å²) in [5.74, 6) is -0.996. The number of aromatic amines is 1. The van der Waals surface area contributed by atoms with E-state index in [4.69, 9.17) is 5.73 Å². The minimum atomic E-state index is -0.831. The van der Waals surface area contributed by atoms with Crippen LogP contribution in [-0.2, 0) is 27.2 Å². The van der Waals surface area contributed by atoms with Crippen LogP contribution in [0.15, 0.2) is 60.8 Å². The van der Waals surface area contributed by atoms with Crippen LogP contribution in [0.5, 0.6) is 0 Å². The highest BCUT2D eigenvalue weighted by atomic mass is 16.2. The lowest BCUT2D eigenvalue weighted by Gasteiger charge is -2.42. The van der Waals surface area contributed by atoms with Crippen LogP contribution < -0.4 is 11.1 Å². The van der Waals surface area contributed by atoms with Gasteiger partial charge in [-0.1, -0.05) is 62.4 Å². The van der Waals surface area contributed by atoms with Crippen LogP contribution in [0.3, 0.4) is 0 Å². The molecule has 184 valence electrons. The molecular formula is C28H34N4O3. The summed E-state index contributed by atoms with van der Waals surface area (Å²) in [7, 11) is 0. The summed E-state index contributed by atoms with van der Waals surface area (Å²) in [5, 5.41) is 3.99. The standard InChI is InChI=1S/C28H34N4O3/c1-19(2)25(33)31-24(15-21-17-30-23-12-7-6-11-22(21)23)26(34)32-14-8-13-28(18-32,27(29)35)16-20-9-4-3-5-10-20/h3-7,9-12,17,19,24,30H,8,13-16,18H2,1-2H3,(H2,29,35)(H,31,33)/t24-,28?/m1/s1. The Morgan fingerprint density at radius 3 is 2.51 bits per heavy atom. The van der Waals surface area contributed by atoms with Gasteiger partial charge in [-0.2, -0.15) is 0 Å². The monoisotopic (exact) mass is 474 g/mol. The van der Waals surface area contributed by atoms with Crippen molar-refractivity contribution in [2.75, 3.05) is 13.1 Å². The van der Waals surface area contributed by atoms with Gasteiger partial charge in [0.25, 0.3) is 0 Å². The number of primary amides is 1. The average Bonchev–Trinajstić information content (AvgIpc) is 3.26. The fourth-order valence-corrected chi connectivity index (χ4v) is 5.02. The average molecular weight is 475 g/mol. The number of nitrogens with one attached hydrogen (secondary N) is 2. The maximum Gasteiger partial charge on any atom is 0.245 e. The van der Waals surface area contributed by atoms with Crippen LogP contribution in [0, 0.1) is 11.3 Å². The Bertz CT molecular complexity index is 1200. The molecule has 4 rings (SSSR count). The molecule has 1 aromatic heterocycles. The van der Waals surface area contributed by atoms with Crippen molar-refractivity contribution >= 4 is 28.6 Å². The molecule has 0 spiro atoms. The lowest BCUT2D eigenvalue weighted by atomic mass is 9.74. The maximum absolute atomic E-state index is 13.8. The van der Waals surface area contributed by atoms with E-state index in [0.29, 0.717) is 32.2 Å². The quantitative estimate of drug-likeness (QED) is 0.467. The molecule has 3 aromatic rings. The van der Waals surface area contributed by atoms with Gasteiger partial charge in [0.05, 0.1) is 5.41 Å². The zero-order valence-corrected chi connectivity index (χ0v) is 20.4. The molecule has 1 unspecified atom stereocenters. The highest BCUT2D eigenvalue weighted by molar-refractivity contribution is 5.91. The Morgan fingerprint density at radius 1 is 1.09 bits per heavy atom. The van der Waals surface area contributed by atoms with Crippen LogP contribution in [0.1, 0.15) is 37.8 Å². The first-order chi connectivity index (χ1) is 16.8. The third kappa shape index (κ3) is 5.39. The largest absolute Gasteiger partial charge is 0.369 e. The van der Waals surface area contributed by atoms with Gasteiger partial charge in [-0.15, -0.1) is 0 Å². The second-order valence-electron chi connectivity index (χ2n) is 9.95. The molecule has 0 saturated carbocycles. The summed E-state index contributed by atoms with van der Waals surface area (Å²) >= 11 is 0. The van der Waals surface area contributed by atoms with Crippen LogP contribution >= 0.6 is 0 Å². The third-order valence-corrected chi connectivity index (χ3v) is 7.03. The van der Waals surface area contributed by atoms with Gasteiger partial charge in [0.15, 0.2) is 0 Å². The lowest BCUT2D eigenvalue weighted by molar-refractivity contribution is -0.143. The first-order valence-corrected chi connectivity index (χ1v) is 12.3. The number of para-hydroxylation sites is 1. The smallest absolute Gasteiger partial charge is 0.245 e. The number of hydrogen-bond donors (Lipinski definition) is 3. The number of hydrogen-bond acceptors (Lipinski definition) is 3. The van der Waals surface area contributed by atoms with Crippen molar-refractivity contribution in [2.24, 2.45) is 17.1 Å². The molecule has 0 bridgehead atoms. The van der Waals surface area contributed by atoms with Crippen molar-refractivity contribution in [1.82, 2.24) is 15.2 Å². The number of fused-ring (bicyclic) bond motifs is 1. The molecule has 2 heterocycles. The van der Waals surface area contributed by atoms with E-state index in [1.54, 1.807) is 18.7 Å². The fourth-order valence-electron chi connectivity index (χ4n) is 5.02. The number of likely N-dealkylation sites (tertiary alicyclic amines) is 1. The molecule has 0 aliphatic carbocycles. The van der Waals surface area contributed by atoms with Crippen molar-refractivity contribution in [2.45, 2.75) is 45.6 Å². The number of carbonyl (C=O) groups is 3. The van der Waals surface area contributed by atoms with Gasteiger partial charge in [-0.25, -0.2) is 0 Å². The Morgan fingerprint density at radius 2 is 1.80 bits per heavy atom. The summed E-state index contributed by atoms with van der Waals surface area (Å²) in [5.41, 5.74) is 8.06. The molecule has 2 aromatic carbocycles. The van der Waals surface area contributed by atoms with Crippen LogP contribution in [-0.4, -0.2) is 46.7 Å². The van der Waals surface area contributed by atoms with Gasteiger partial charge < -0.3 is 20.9 Å². The Hall–Kier alpha value is -3.61. The zero-order valence-electron chi connectivity index (χ0n) is 20.4. The first-order valence-electron chi connectivity index (χ1n) is 12.3. The molecule has 1 aliphatic rings. The van der Waals surface area contributed by atoms with Crippen molar-refractivity contribution in [1.29, 1.82) is 0 Å². The SMILES string of the molecule is CC(C)C(=O)N[C@H](Cc1c[nH]c2ccccc12)C(=O)N1CCCC(Cc2ccccc2)(C(N)=O)C1. The number of carbonyl (C=O) groups excluding carboxylic acids is 3. The second-order valence-corrected chi connectivity index (χ2v) is 9.95. The number of amides is 3. The van der Waals surface area contributed by atoms with E-state index in [2.05, 4.69) is 10.3 Å². The molecule has 35 heavy (non-hydrogen) atoms. The van der Waals surface area contributed by atoms with Gasteiger partial charge in [0.1, 0.15) is 6.04 Å². The van der Waals surface area contributed by atoms with E-state index in [1.807, 2.05) is 60.8 Å². The molecule has 1 saturated heterocycles. The van der Waals surface area contributed by atoms with Gasteiger partial charge in [0.2, 0.25) is 17.7 Å². The van der Waals surface area contributed by atoms with E-state index in [9.17, 15) is 14.4 Å². The van der Waals surface area contributed by atoms with E-state index in [0.717, 1.165) is 22.0 Å². The summed E-state index contributed by atoms with van der Waals surface area (Å²) < 4.78 is 0. The van der Waals surface area contributed by atoms with Crippen LogP contribution in [0.4, 0.5) is 0 Å². The molecule has 0 radical (unpaired) electrons. The summed E-state index contributed by atoms with van der Waals surface area (Å²) in [6.45, 7) is 4.39. The number of piperidine rings is 1. The highest BCUT2D eigenvalue weighted by Crippen LogP contribution is 2.34. The minimum Gasteiger partial charge on any atom is -0.369 e. The topological polar surface area (TPSA) is 108 Å². The normalized spacial score (nSPS) is 19.0. The predicted molar refractivity (Wildman–Crippen MR) is 136 cm³/mol. The zero-order chi connectivity index (χ0) is 25.0.